The van der Waals surface area contributed by atoms with Crippen molar-refractivity contribution in [2.75, 3.05) is 47.5 Å². The zero-order valence-corrected chi connectivity index (χ0v) is 55.0. The van der Waals surface area contributed by atoms with Crippen molar-refractivity contribution >= 4 is 19.8 Å². The third-order valence-electron chi connectivity index (χ3n) is 14.3. The number of phosphoric ester groups is 1. The molecule has 83 heavy (non-hydrogen) atoms. The van der Waals surface area contributed by atoms with E-state index in [1.807, 2.05) is 21.1 Å². The van der Waals surface area contributed by atoms with E-state index in [2.05, 4.69) is 135 Å². The van der Waals surface area contributed by atoms with Gasteiger partial charge in [0.1, 0.15) is 19.8 Å². The molecule has 0 spiro atoms. The first kappa shape index (κ1) is 79.4. The van der Waals surface area contributed by atoms with Crippen LogP contribution in [0.15, 0.2) is 122 Å². The fourth-order valence-electron chi connectivity index (χ4n) is 9.10. The molecule has 0 aromatic heterocycles. The van der Waals surface area contributed by atoms with Crippen LogP contribution in [-0.2, 0) is 32.7 Å². The van der Waals surface area contributed by atoms with Gasteiger partial charge >= 0.3 is 19.8 Å². The molecular formula is C73H127NO8P+. The highest BCUT2D eigenvalue weighted by Gasteiger charge is 2.27. The fraction of sp³-hybridized carbons (Fsp3) is 0.699. The van der Waals surface area contributed by atoms with Crippen molar-refractivity contribution in [3.8, 4) is 0 Å². The largest absolute Gasteiger partial charge is 0.472 e. The Morgan fingerprint density at radius 2 is 0.687 bits per heavy atom. The van der Waals surface area contributed by atoms with Crippen LogP contribution >= 0.6 is 7.82 Å². The zero-order chi connectivity index (χ0) is 60.5. The third kappa shape index (κ3) is 67.4. The Morgan fingerprint density at radius 3 is 1.02 bits per heavy atom. The second-order valence-corrected chi connectivity index (χ2v) is 24.9. The van der Waals surface area contributed by atoms with Crippen molar-refractivity contribution < 1.29 is 42.1 Å². The molecule has 2 unspecified atom stereocenters. The monoisotopic (exact) mass is 1180 g/mol. The van der Waals surface area contributed by atoms with E-state index in [1.165, 1.54) is 122 Å². The standard InChI is InChI=1S/C73H126NO8P/c1-6-8-10-12-14-16-18-20-22-24-26-28-30-31-32-33-34-35-36-37-38-39-40-41-42-43-44-46-48-50-52-54-56-58-60-62-64-66-73(76)82-71(70-81-83(77,78)80-68-67-74(3,4)5)69-79-72(75)65-63-61-59-57-55-53-51-49-47-45-29-27-25-23-21-19-17-15-13-11-9-7-2/h8,10,14,16,20,22,26,28,31-32,34-35,37-38,40-41,43-44,48,50,71H,6-7,9,11-13,15,17-19,21,23-25,27,29-30,33,36,39,42,45-47,49,51-70H2,1-5H3/p+1/b10-8-,16-14-,22-20-,28-26-,32-31-,35-34-,38-37-,41-40-,44-43-,50-48-. The molecule has 1 N–H and O–H groups in total. The number of phosphoric acid groups is 1. The maximum Gasteiger partial charge on any atom is 0.472 e. The molecule has 0 aliphatic rings. The van der Waals surface area contributed by atoms with Gasteiger partial charge in [0.25, 0.3) is 0 Å². The summed E-state index contributed by atoms with van der Waals surface area (Å²) in [7, 11) is 1.46. The molecule has 0 bridgehead atoms. The summed E-state index contributed by atoms with van der Waals surface area (Å²) in [5.41, 5.74) is 0. The number of carbonyl (C=O) groups is 2. The molecule has 0 radical (unpaired) electrons. The molecule has 0 fully saturated rings. The smallest absolute Gasteiger partial charge is 0.462 e. The van der Waals surface area contributed by atoms with Crippen LogP contribution in [0.3, 0.4) is 0 Å². The molecule has 10 heteroatoms. The minimum absolute atomic E-state index is 0.0242. The average Bonchev–Trinajstić information content (AvgIpc) is 3.49. The molecule has 476 valence electrons. The lowest BCUT2D eigenvalue weighted by molar-refractivity contribution is -0.870. The number of allylic oxidation sites excluding steroid dienone is 20. The lowest BCUT2D eigenvalue weighted by atomic mass is 10.0. The van der Waals surface area contributed by atoms with Gasteiger partial charge in [-0.1, -0.05) is 296 Å². The summed E-state index contributed by atoms with van der Waals surface area (Å²) in [6.07, 6.45) is 90.0. The summed E-state index contributed by atoms with van der Waals surface area (Å²) >= 11 is 0. The average molecular weight is 1180 g/mol. The maximum atomic E-state index is 12.9. The predicted octanol–water partition coefficient (Wildman–Crippen LogP) is 21.9. The van der Waals surface area contributed by atoms with Crippen LogP contribution in [0.25, 0.3) is 0 Å². The summed E-state index contributed by atoms with van der Waals surface area (Å²) in [5, 5.41) is 0. The van der Waals surface area contributed by atoms with Crippen molar-refractivity contribution in [2.24, 2.45) is 0 Å². The highest BCUT2D eigenvalue weighted by atomic mass is 31.2. The molecular weight excluding hydrogens is 1050 g/mol. The summed E-state index contributed by atoms with van der Waals surface area (Å²) < 4.78 is 34.7. The topological polar surface area (TPSA) is 108 Å². The number of nitrogens with zero attached hydrogens (tertiary/aromatic N) is 1. The van der Waals surface area contributed by atoms with Crippen LogP contribution in [0.4, 0.5) is 0 Å². The van der Waals surface area contributed by atoms with E-state index in [4.69, 9.17) is 18.5 Å². The third-order valence-corrected chi connectivity index (χ3v) is 15.2. The second-order valence-electron chi connectivity index (χ2n) is 23.5. The fourth-order valence-corrected chi connectivity index (χ4v) is 9.85. The summed E-state index contributed by atoms with van der Waals surface area (Å²) in [5.74, 6) is -0.811. The molecule has 0 aromatic carbocycles. The minimum atomic E-state index is -4.40. The number of rotatable bonds is 61. The van der Waals surface area contributed by atoms with Gasteiger partial charge in [-0.25, -0.2) is 4.57 Å². The first-order valence-electron chi connectivity index (χ1n) is 33.8. The first-order valence-corrected chi connectivity index (χ1v) is 35.3. The Balaban J connectivity index is 4.15. The summed E-state index contributed by atoms with van der Waals surface area (Å²) in [4.78, 5) is 35.8. The van der Waals surface area contributed by atoms with Crippen molar-refractivity contribution in [2.45, 2.75) is 283 Å². The van der Waals surface area contributed by atoms with Gasteiger partial charge in [0.05, 0.1) is 27.7 Å². The lowest BCUT2D eigenvalue weighted by Crippen LogP contribution is -2.37. The van der Waals surface area contributed by atoms with Gasteiger partial charge in [-0.2, -0.15) is 0 Å². The Morgan fingerprint density at radius 1 is 0.386 bits per heavy atom. The molecule has 0 amide bonds. The molecule has 0 aliphatic heterocycles. The predicted molar refractivity (Wildman–Crippen MR) is 358 cm³/mol. The van der Waals surface area contributed by atoms with Gasteiger partial charge < -0.3 is 18.9 Å². The maximum absolute atomic E-state index is 12.9. The van der Waals surface area contributed by atoms with Crippen LogP contribution in [0.5, 0.6) is 0 Å². The van der Waals surface area contributed by atoms with E-state index in [0.29, 0.717) is 17.4 Å². The van der Waals surface area contributed by atoms with Crippen LogP contribution in [0, 0.1) is 0 Å². The number of quaternary nitrogens is 1. The van der Waals surface area contributed by atoms with Gasteiger partial charge in [0, 0.05) is 12.8 Å². The Hall–Kier alpha value is -3.59. The normalized spacial score (nSPS) is 14.0. The number of carbonyl (C=O) groups excluding carboxylic acids is 2. The summed E-state index contributed by atoms with van der Waals surface area (Å²) in [6.45, 7) is 4.32. The van der Waals surface area contributed by atoms with Crippen molar-refractivity contribution in [3.63, 3.8) is 0 Å². The van der Waals surface area contributed by atoms with Crippen LogP contribution < -0.4 is 0 Å². The number of hydrogen-bond acceptors (Lipinski definition) is 7. The molecule has 0 aromatic rings. The zero-order valence-electron chi connectivity index (χ0n) is 54.1. The van der Waals surface area contributed by atoms with Crippen LogP contribution in [0.1, 0.15) is 277 Å². The first-order chi connectivity index (χ1) is 40.5. The number of esters is 2. The van der Waals surface area contributed by atoms with E-state index in [-0.39, 0.29) is 32.0 Å². The Bertz CT molecular complexity index is 1820. The van der Waals surface area contributed by atoms with E-state index in [9.17, 15) is 19.0 Å². The number of likely N-dealkylation sites (N-methyl/N-ethyl adjacent to an activating group) is 1. The molecule has 2 atom stereocenters. The lowest BCUT2D eigenvalue weighted by Gasteiger charge is -2.24. The molecule has 0 heterocycles. The van der Waals surface area contributed by atoms with E-state index < -0.39 is 26.5 Å². The summed E-state index contributed by atoms with van der Waals surface area (Å²) in [6, 6.07) is 0. The molecule has 0 saturated carbocycles. The van der Waals surface area contributed by atoms with Crippen molar-refractivity contribution in [3.05, 3.63) is 122 Å². The second kappa shape index (κ2) is 62.9. The van der Waals surface area contributed by atoms with Gasteiger partial charge in [0.15, 0.2) is 6.10 Å². The number of ether oxygens (including phenoxy) is 2. The number of unbranched alkanes of at least 4 members (excludes halogenated alkanes) is 27. The van der Waals surface area contributed by atoms with Crippen LogP contribution in [0.2, 0.25) is 0 Å². The van der Waals surface area contributed by atoms with E-state index in [0.717, 1.165) is 122 Å². The van der Waals surface area contributed by atoms with Gasteiger partial charge in [-0.15, -0.1) is 0 Å². The SMILES string of the molecule is CC/C=C\C/C=C\C/C=C\C/C=C\C/C=C\C/C=C\C/C=C\C/C=C\C/C=C\C/C=C\CCCCCCCCC(=O)OC(COC(=O)CCCCCCCCCCCCCCCCCCCCCCCC)COP(=O)(O)OCC[N+](C)(C)C. The Labute approximate surface area is 511 Å². The molecule has 0 aliphatic carbocycles. The molecule has 0 saturated heterocycles. The number of hydrogen-bond donors (Lipinski definition) is 1. The quantitative estimate of drug-likeness (QED) is 0.0211. The highest BCUT2D eigenvalue weighted by Crippen LogP contribution is 2.43. The molecule has 9 nitrogen and oxygen atoms in total. The van der Waals surface area contributed by atoms with Gasteiger partial charge in [-0.3, -0.25) is 18.6 Å². The Kier molecular flexibility index (Phi) is 60.2. The highest BCUT2D eigenvalue weighted by molar-refractivity contribution is 7.47. The van der Waals surface area contributed by atoms with Crippen molar-refractivity contribution in [1.29, 1.82) is 0 Å². The minimum Gasteiger partial charge on any atom is -0.462 e. The van der Waals surface area contributed by atoms with Gasteiger partial charge in [-0.05, 0) is 89.9 Å². The van der Waals surface area contributed by atoms with E-state index in [1.54, 1.807) is 0 Å². The van der Waals surface area contributed by atoms with Crippen LogP contribution in [-0.4, -0.2) is 74.9 Å². The van der Waals surface area contributed by atoms with Crippen molar-refractivity contribution in [1.82, 2.24) is 0 Å². The molecule has 0 rings (SSSR count). The van der Waals surface area contributed by atoms with E-state index >= 15 is 0 Å². The van der Waals surface area contributed by atoms with Gasteiger partial charge in [0.2, 0.25) is 0 Å².